The van der Waals surface area contributed by atoms with Crippen LogP contribution in [0, 0.1) is 0 Å². The lowest BCUT2D eigenvalue weighted by atomic mass is 9.94. The van der Waals surface area contributed by atoms with Crippen LogP contribution in [0.2, 0.25) is 0 Å². The lowest BCUT2D eigenvalue weighted by Gasteiger charge is -2.43. The van der Waals surface area contributed by atoms with E-state index in [0.717, 1.165) is 56.0 Å². The molecule has 4 aliphatic heterocycles. The molecule has 9 nitrogen and oxygen atoms in total. The maximum absolute atomic E-state index is 12.8. The number of hydrogen-bond donors (Lipinski definition) is 2. The zero-order chi connectivity index (χ0) is 22.2. The molecule has 0 aromatic heterocycles. The molecular weight excluding hydrogens is 410 g/mol. The van der Waals surface area contributed by atoms with Crippen LogP contribution in [0.1, 0.15) is 35.6 Å². The van der Waals surface area contributed by atoms with Gasteiger partial charge in [0.05, 0.1) is 6.04 Å². The molecule has 3 fully saturated rings. The van der Waals surface area contributed by atoms with E-state index < -0.39 is 17.9 Å². The number of imide groups is 1. The van der Waals surface area contributed by atoms with Crippen molar-refractivity contribution in [1.82, 2.24) is 25.3 Å². The number of piperidine rings is 1. The van der Waals surface area contributed by atoms with Gasteiger partial charge in [0, 0.05) is 64.8 Å². The lowest BCUT2D eigenvalue weighted by Crippen LogP contribution is -2.61. The molecule has 9 heteroatoms. The predicted molar refractivity (Wildman–Crippen MR) is 115 cm³/mol. The van der Waals surface area contributed by atoms with Gasteiger partial charge >= 0.3 is 0 Å². The number of nitrogens with one attached hydrogen (secondary N) is 2. The van der Waals surface area contributed by atoms with E-state index in [1.54, 1.807) is 4.90 Å². The molecule has 2 unspecified atom stereocenters. The van der Waals surface area contributed by atoms with E-state index in [2.05, 4.69) is 20.4 Å². The molecule has 1 aromatic carbocycles. The fourth-order valence-electron chi connectivity index (χ4n) is 5.46. The van der Waals surface area contributed by atoms with E-state index in [1.165, 1.54) is 0 Å². The minimum atomic E-state index is -0.773. The van der Waals surface area contributed by atoms with Crippen molar-refractivity contribution in [2.45, 2.75) is 44.1 Å². The molecular formula is C23H29N5O4. The SMILES string of the molecule is O=CC(=O)C1c2c(CN3CCN(C4CNC4)CC3)cccc2CN1C1CCC(=O)NC1=O. The van der Waals surface area contributed by atoms with Crippen LogP contribution in [0.4, 0.5) is 0 Å². The first-order valence-corrected chi connectivity index (χ1v) is 11.4. The topological polar surface area (TPSA) is 102 Å². The van der Waals surface area contributed by atoms with Gasteiger partial charge in [0.15, 0.2) is 6.29 Å². The number of ketones is 1. The first kappa shape index (κ1) is 21.4. The van der Waals surface area contributed by atoms with Gasteiger partial charge in [-0.05, 0) is 23.1 Å². The lowest BCUT2D eigenvalue weighted by molar-refractivity contribution is -0.141. The number of aldehydes is 1. The Labute approximate surface area is 187 Å². The third-order valence-corrected chi connectivity index (χ3v) is 7.32. The Morgan fingerprint density at radius 3 is 2.56 bits per heavy atom. The van der Waals surface area contributed by atoms with Crippen LogP contribution in [0.3, 0.4) is 0 Å². The van der Waals surface area contributed by atoms with Crippen molar-refractivity contribution in [2.75, 3.05) is 39.3 Å². The molecule has 170 valence electrons. The summed E-state index contributed by atoms with van der Waals surface area (Å²) in [6.07, 6.45) is 0.953. The number of piperazine rings is 1. The minimum absolute atomic E-state index is 0.235. The van der Waals surface area contributed by atoms with Gasteiger partial charge in [-0.3, -0.25) is 39.2 Å². The van der Waals surface area contributed by atoms with E-state index >= 15 is 0 Å². The Morgan fingerprint density at radius 2 is 1.91 bits per heavy atom. The largest absolute Gasteiger partial charge is 0.314 e. The molecule has 4 heterocycles. The molecule has 0 bridgehead atoms. The summed E-state index contributed by atoms with van der Waals surface area (Å²) in [5, 5.41) is 5.71. The van der Waals surface area contributed by atoms with Crippen molar-refractivity contribution in [1.29, 1.82) is 0 Å². The summed E-state index contributed by atoms with van der Waals surface area (Å²) >= 11 is 0. The molecule has 32 heavy (non-hydrogen) atoms. The number of hydrogen-bond acceptors (Lipinski definition) is 8. The summed E-state index contributed by atoms with van der Waals surface area (Å²) in [7, 11) is 0. The highest BCUT2D eigenvalue weighted by atomic mass is 16.2. The Balaban J connectivity index is 1.36. The van der Waals surface area contributed by atoms with E-state index in [0.29, 0.717) is 31.8 Å². The number of benzene rings is 1. The number of nitrogens with zero attached hydrogens (tertiary/aromatic N) is 3. The van der Waals surface area contributed by atoms with Crippen molar-refractivity contribution in [3.63, 3.8) is 0 Å². The molecule has 0 aliphatic carbocycles. The Morgan fingerprint density at radius 1 is 1.12 bits per heavy atom. The average Bonchev–Trinajstić information content (AvgIpc) is 3.13. The average molecular weight is 440 g/mol. The summed E-state index contributed by atoms with van der Waals surface area (Å²) < 4.78 is 0. The molecule has 2 amide bonds. The van der Waals surface area contributed by atoms with E-state index in [9.17, 15) is 19.2 Å². The van der Waals surface area contributed by atoms with Crippen molar-refractivity contribution < 1.29 is 19.2 Å². The van der Waals surface area contributed by atoms with E-state index in [-0.39, 0.29) is 18.2 Å². The molecule has 3 saturated heterocycles. The minimum Gasteiger partial charge on any atom is -0.314 e. The summed E-state index contributed by atoms with van der Waals surface area (Å²) in [6, 6.07) is 5.26. The van der Waals surface area contributed by atoms with Crippen LogP contribution >= 0.6 is 0 Å². The van der Waals surface area contributed by atoms with Gasteiger partial charge in [-0.1, -0.05) is 18.2 Å². The van der Waals surface area contributed by atoms with Crippen LogP contribution in [0.25, 0.3) is 0 Å². The number of Topliss-reactive ketones (excluding diaryl/α,β-unsaturated/α-hetero) is 1. The standard InChI is InChI=1S/C23H29N5O4/c29-14-19(30)22-21-15(12-26-6-8-27(9-7-26)17-10-24-11-17)2-1-3-16(21)13-28(22)18-4-5-20(31)25-23(18)32/h1-3,14,17-18,22,24H,4-13H2,(H,25,31,32). The van der Waals surface area contributed by atoms with E-state index in [1.807, 2.05) is 18.2 Å². The number of fused-ring (bicyclic) bond motifs is 1. The Bertz CT molecular complexity index is 938. The van der Waals surface area contributed by atoms with Crippen molar-refractivity contribution in [2.24, 2.45) is 0 Å². The summed E-state index contributed by atoms with van der Waals surface area (Å²) in [4.78, 5) is 55.2. The first-order chi connectivity index (χ1) is 15.5. The van der Waals surface area contributed by atoms with Crippen LogP contribution in [0.15, 0.2) is 18.2 Å². The van der Waals surface area contributed by atoms with Crippen LogP contribution in [-0.2, 0) is 32.3 Å². The van der Waals surface area contributed by atoms with E-state index in [4.69, 9.17) is 0 Å². The van der Waals surface area contributed by atoms with Gasteiger partial charge in [-0.15, -0.1) is 0 Å². The second-order valence-corrected chi connectivity index (χ2v) is 9.18. The van der Waals surface area contributed by atoms with Crippen LogP contribution in [0.5, 0.6) is 0 Å². The number of carbonyl (C=O) groups excluding carboxylic acids is 4. The fourth-order valence-corrected chi connectivity index (χ4v) is 5.46. The molecule has 2 atom stereocenters. The molecule has 0 spiro atoms. The normalized spacial score (nSPS) is 27.6. The number of amides is 2. The highest BCUT2D eigenvalue weighted by molar-refractivity contribution is 6.27. The molecule has 5 rings (SSSR count). The van der Waals surface area contributed by atoms with Gasteiger partial charge in [0.25, 0.3) is 0 Å². The maximum atomic E-state index is 12.8. The van der Waals surface area contributed by atoms with Crippen molar-refractivity contribution in [3.05, 3.63) is 34.9 Å². The molecule has 2 N–H and O–H groups in total. The monoisotopic (exact) mass is 439 g/mol. The third-order valence-electron chi connectivity index (χ3n) is 7.32. The molecule has 0 radical (unpaired) electrons. The second kappa shape index (κ2) is 8.82. The maximum Gasteiger partial charge on any atom is 0.243 e. The predicted octanol–water partition coefficient (Wildman–Crippen LogP) is -0.794. The highest BCUT2D eigenvalue weighted by Crippen LogP contribution is 2.39. The van der Waals surface area contributed by atoms with Gasteiger partial charge in [0.2, 0.25) is 17.6 Å². The fraction of sp³-hybridized carbons (Fsp3) is 0.565. The van der Waals surface area contributed by atoms with Crippen LogP contribution in [-0.4, -0.2) is 89.9 Å². The summed E-state index contributed by atoms with van der Waals surface area (Å²) in [6.45, 7) is 7.25. The van der Waals surface area contributed by atoms with Gasteiger partial charge in [-0.2, -0.15) is 0 Å². The van der Waals surface area contributed by atoms with Crippen LogP contribution < -0.4 is 10.6 Å². The zero-order valence-corrected chi connectivity index (χ0v) is 18.1. The molecule has 4 aliphatic rings. The zero-order valence-electron chi connectivity index (χ0n) is 18.1. The van der Waals surface area contributed by atoms with Gasteiger partial charge in [0.1, 0.15) is 6.04 Å². The summed E-state index contributed by atoms with van der Waals surface area (Å²) in [5.41, 5.74) is 2.88. The van der Waals surface area contributed by atoms with Gasteiger partial charge in [-0.25, -0.2) is 0 Å². The Kier molecular flexibility index (Phi) is 5.90. The number of rotatable bonds is 6. The third kappa shape index (κ3) is 3.90. The first-order valence-electron chi connectivity index (χ1n) is 11.4. The summed E-state index contributed by atoms with van der Waals surface area (Å²) in [5.74, 6) is -1.22. The number of carbonyl (C=O) groups is 4. The quantitative estimate of drug-likeness (QED) is 0.338. The van der Waals surface area contributed by atoms with Gasteiger partial charge < -0.3 is 5.32 Å². The van der Waals surface area contributed by atoms with Crippen molar-refractivity contribution in [3.8, 4) is 0 Å². The van der Waals surface area contributed by atoms with Crippen molar-refractivity contribution >= 4 is 23.9 Å². The smallest absolute Gasteiger partial charge is 0.243 e. The Hall–Kier alpha value is -2.46. The highest BCUT2D eigenvalue weighted by Gasteiger charge is 2.44. The molecule has 1 aromatic rings. The second-order valence-electron chi connectivity index (χ2n) is 9.18. The molecule has 0 saturated carbocycles.